The Kier molecular flexibility index (Phi) is 3.80. The maximum absolute atomic E-state index is 12.7. The molecule has 1 fully saturated rings. The molecule has 0 atom stereocenters. The number of alkyl halides is 3. The second kappa shape index (κ2) is 5.23. The van der Waals surface area contributed by atoms with Crippen LogP contribution in [0.4, 0.5) is 13.2 Å². The van der Waals surface area contributed by atoms with Crippen LogP contribution >= 0.6 is 0 Å². The SMILES string of the molecule is COc1cc(OCCC2(C#N)CC2)cc(C(F)(F)F)c1. The number of benzene rings is 1. The van der Waals surface area contributed by atoms with Gasteiger partial charge >= 0.3 is 6.18 Å². The van der Waals surface area contributed by atoms with Gasteiger partial charge in [-0.1, -0.05) is 0 Å². The van der Waals surface area contributed by atoms with Crippen molar-refractivity contribution in [3.05, 3.63) is 23.8 Å². The third-order valence-corrected chi connectivity index (χ3v) is 3.38. The normalized spacial score (nSPS) is 16.4. The fraction of sp³-hybridized carbons (Fsp3) is 0.500. The minimum Gasteiger partial charge on any atom is -0.497 e. The quantitative estimate of drug-likeness (QED) is 0.826. The summed E-state index contributed by atoms with van der Waals surface area (Å²) in [5, 5.41) is 8.91. The van der Waals surface area contributed by atoms with Crippen LogP contribution in [0, 0.1) is 16.7 Å². The van der Waals surface area contributed by atoms with Crippen LogP contribution in [0.5, 0.6) is 11.5 Å². The molecule has 0 bridgehead atoms. The molecule has 1 aromatic rings. The molecule has 0 unspecified atom stereocenters. The molecular formula is C14H14F3NO2. The van der Waals surface area contributed by atoms with Crippen molar-refractivity contribution < 1.29 is 22.6 Å². The number of nitrogens with zero attached hydrogens (tertiary/aromatic N) is 1. The molecule has 20 heavy (non-hydrogen) atoms. The van der Waals surface area contributed by atoms with Crippen molar-refractivity contribution >= 4 is 0 Å². The Hall–Kier alpha value is -1.90. The molecule has 108 valence electrons. The average Bonchev–Trinajstić information content (AvgIpc) is 3.18. The summed E-state index contributed by atoms with van der Waals surface area (Å²) in [6.07, 6.45) is -2.25. The van der Waals surface area contributed by atoms with Gasteiger partial charge in [0.15, 0.2) is 0 Å². The highest BCUT2D eigenvalue weighted by atomic mass is 19.4. The summed E-state index contributed by atoms with van der Waals surface area (Å²) in [6.45, 7) is 0.220. The molecule has 1 saturated carbocycles. The van der Waals surface area contributed by atoms with Gasteiger partial charge in [0.1, 0.15) is 11.5 Å². The minimum atomic E-state index is -4.45. The van der Waals surface area contributed by atoms with Crippen molar-refractivity contribution in [3.8, 4) is 17.6 Å². The number of nitriles is 1. The minimum absolute atomic E-state index is 0.0937. The van der Waals surface area contributed by atoms with Crippen LogP contribution in [0.15, 0.2) is 18.2 Å². The number of methoxy groups -OCH3 is 1. The first-order valence-corrected chi connectivity index (χ1v) is 6.19. The molecule has 0 amide bonds. The van der Waals surface area contributed by atoms with Crippen molar-refractivity contribution in [1.82, 2.24) is 0 Å². The van der Waals surface area contributed by atoms with E-state index in [1.165, 1.54) is 13.2 Å². The van der Waals surface area contributed by atoms with E-state index in [4.69, 9.17) is 14.7 Å². The van der Waals surface area contributed by atoms with Crippen molar-refractivity contribution in [2.24, 2.45) is 5.41 Å². The zero-order chi connectivity index (χ0) is 14.8. The Balaban J connectivity index is 2.05. The van der Waals surface area contributed by atoms with Crippen molar-refractivity contribution in [2.75, 3.05) is 13.7 Å². The van der Waals surface area contributed by atoms with Gasteiger partial charge < -0.3 is 9.47 Å². The molecule has 3 nitrogen and oxygen atoms in total. The monoisotopic (exact) mass is 285 g/mol. The fourth-order valence-electron chi connectivity index (χ4n) is 1.87. The molecule has 1 aliphatic carbocycles. The first-order chi connectivity index (χ1) is 9.38. The molecule has 1 aliphatic rings. The third kappa shape index (κ3) is 3.35. The summed E-state index contributed by atoms with van der Waals surface area (Å²) in [6, 6.07) is 5.48. The van der Waals surface area contributed by atoms with Crippen LogP contribution in [0.2, 0.25) is 0 Å². The Bertz CT molecular complexity index is 530. The maximum atomic E-state index is 12.7. The van der Waals surface area contributed by atoms with Crippen LogP contribution in [-0.2, 0) is 6.18 Å². The van der Waals surface area contributed by atoms with E-state index in [-0.39, 0.29) is 23.5 Å². The molecule has 0 spiro atoms. The van der Waals surface area contributed by atoms with Crippen molar-refractivity contribution in [3.63, 3.8) is 0 Å². The largest absolute Gasteiger partial charge is 0.497 e. The standard InChI is InChI=1S/C14H14F3NO2/c1-19-11-6-10(14(15,16)17)7-12(8-11)20-5-4-13(9-18)2-3-13/h6-8H,2-5H2,1H3. The van der Waals surface area contributed by atoms with E-state index in [2.05, 4.69) is 6.07 Å². The van der Waals surface area contributed by atoms with Crippen LogP contribution in [-0.4, -0.2) is 13.7 Å². The lowest BCUT2D eigenvalue weighted by atomic mass is 10.1. The Morgan fingerprint density at radius 2 is 1.90 bits per heavy atom. The lowest BCUT2D eigenvalue weighted by Crippen LogP contribution is -2.08. The molecule has 6 heteroatoms. The summed E-state index contributed by atoms with van der Waals surface area (Å²) in [5.74, 6) is 0.196. The Morgan fingerprint density at radius 1 is 1.25 bits per heavy atom. The summed E-state index contributed by atoms with van der Waals surface area (Å²) in [5.41, 5.74) is -1.14. The number of rotatable bonds is 5. The first-order valence-electron chi connectivity index (χ1n) is 6.19. The molecule has 2 rings (SSSR count). The van der Waals surface area contributed by atoms with Crippen LogP contribution in [0.25, 0.3) is 0 Å². The van der Waals surface area contributed by atoms with Gasteiger partial charge in [0.05, 0.1) is 30.8 Å². The second-order valence-electron chi connectivity index (χ2n) is 4.89. The molecular weight excluding hydrogens is 271 g/mol. The van der Waals surface area contributed by atoms with Crippen LogP contribution in [0.3, 0.4) is 0 Å². The van der Waals surface area contributed by atoms with Crippen LogP contribution in [0.1, 0.15) is 24.8 Å². The highest BCUT2D eigenvalue weighted by molar-refractivity contribution is 5.39. The fourth-order valence-corrected chi connectivity index (χ4v) is 1.87. The molecule has 0 aliphatic heterocycles. The third-order valence-electron chi connectivity index (χ3n) is 3.38. The highest BCUT2D eigenvalue weighted by Crippen LogP contribution is 2.48. The van der Waals surface area contributed by atoms with Gasteiger partial charge in [-0.15, -0.1) is 0 Å². The zero-order valence-corrected chi connectivity index (χ0v) is 11.0. The van der Waals surface area contributed by atoms with Gasteiger partial charge in [-0.25, -0.2) is 0 Å². The van der Waals surface area contributed by atoms with Gasteiger partial charge in [-0.2, -0.15) is 18.4 Å². The van der Waals surface area contributed by atoms with Gasteiger partial charge in [0, 0.05) is 12.5 Å². The predicted octanol–water partition coefficient (Wildman–Crippen LogP) is 3.79. The smallest absolute Gasteiger partial charge is 0.416 e. The average molecular weight is 285 g/mol. The number of halogens is 3. The van der Waals surface area contributed by atoms with Crippen molar-refractivity contribution in [1.29, 1.82) is 5.26 Å². The maximum Gasteiger partial charge on any atom is 0.416 e. The van der Waals surface area contributed by atoms with Crippen LogP contribution < -0.4 is 9.47 Å². The van der Waals surface area contributed by atoms with E-state index in [0.717, 1.165) is 25.0 Å². The van der Waals surface area contributed by atoms with E-state index >= 15 is 0 Å². The van der Waals surface area contributed by atoms with E-state index < -0.39 is 11.7 Å². The Morgan fingerprint density at radius 3 is 2.40 bits per heavy atom. The van der Waals surface area contributed by atoms with Crippen molar-refractivity contribution in [2.45, 2.75) is 25.4 Å². The summed E-state index contributed by atoms with van der Waals surface area (Å²) in [7, 11) is 1.30. The Labute approximate surface area is 114 Å². The van der Waals surface area contributed by atoms with Gasteiger partial charge in [0.25, 0.3) is 0 Å². The molecule has 0 N–H and O–H groups in total. The number of hydrogen-bond donors (Lipinski definition) is 0. The molecule has 1 aromatic carbocycles. The lowest BCUT2D eigenvalue weighted by Gasteiger charge is -2.13. The van der Waals surface area contributed by atoms with E-state index in [1.807, 2.05) is 0 Å². The number of ether oxygens (including phenoxy) is 2. The zero-order valence-electron chi connectivity index (χ0n) is 11.0. The molecule has 0 saturated heterocycles. The highest BCUT2D eigenvalue weighted by Gasteiger charge is 2.42. The predicted molar refractivity (Wildman–Crippen MR) is 65.4 cm³/mol. The summed E-state index contributed by atoms with van der Waals surface area (Å²) < 4.78 is 48.3. The lowest BCUT2D eigenvalue weighted by molar-refractivity contribution is -0.137. The van der Waals surface area contributed by atoms with E-state index in [0.29, 0.717) is 6.42 Å². The van der Waals surface area contributed by atoms with E-state index in [9.17, 15) is 13.2 Å². The van der Waals surface area contributed by atoms with Gasteiger partial charge in [-0.05, 0) is 25.0 Å². The molecule has 0 heterocycles. The molecule has 0 aromatic heterocycles. The first kappa shape index (κ1) is 14.5. The molecule has 0 radical (unpaired) electrons. The van der Waals surface area contributed by atoms with Gasteiger partial charge in [-0.3, -0.25) is 0 Å². The van der Waals surface area contributed by atoms with E-state index in [1.54, 1.807) is 0 Å². The summed E-state index contributed by atoms with van der Waals surface area (Å²) >= 11 is 0. The van der Waals surface area contributed by atoms with Gasteiger partial charge in [0.2, 0.25) is 0 Å². The summed E-state index contributed by atoms with van der Waals surface area (Å²) in [4.78, 5) is 0. The second-order valence-corrected chi connectivity index (χ2v) is 4.89. The topological polar surface area (TPSA) is 42.2 Å². The number of hydrogen-bond acceptors (Lipinski definition) is 3.